The van der Waals surface area contributed by atoms with Gasteiger partial charge in [0.2, 0.25) is 0 Å². The topological polar surface area (TPSA) is 377 Å². The maximum atomic E-state index is 12.6. The Kier molecular flexibility index (Phi) is 27.4. The number of fused-ring (bicyclic) bond motifs is 2. The number of hydrogen-bond donors (Lipinski definition) is 14. The number of aromatic hydroxyl groups is 2. The van der Waals surface area contributed by atoms with Gasteiger partial charge in [0.15, 0.2) is 18.4 Å². The van der Waals surface area contributed by atoms with Gasteiger partial charge in [-0.2, -0.15) is 0 Å². The molecule has 1 aromatic rings. The molecule has 1 aromatic carbocycles. The van der Waals surface area contributed by atoms with Gasteiger partial charge in [0.1, 0.15) is 29.6 Å². The van der Waals surface area contributed by atoms with Crippen LogP contribution in [0.2, 0.25) is 0 Å². The van der Waals surface area contributed by atoms with Crippen LogP contribution in [-0.4, -0.2) is 182 Å². The molecular weight excluding hydrogens is 983 g/mol. The quantitative estimate of drug-likeness (QED) is 0.116. The summed E-state index contributed by atoms with van der Waals surface area (Å²) in [5.41, 5.74) is 6.11. The highest BCUT2D eigenvalue weighted by atomic mass is 16.7. The zero-order valence-electron chi connectivity index (χ0n) is 42.7. The number of cyclic esters (lactones) is 1. The van der Waals surface area contributed by atoms with Crippen LogP contribution in [0.3, 0.4) is 0 Å². The highest BCUT2D eigenvalue weighted by molar-refractivity contribution is 5.79. The Balaban J connectivity index is 0.00000132. The largest absolute Gasteiger partial charge is 0.508 e. The van der Waals surface area contributed by atoms with Gasteiger partial charge >= 0.3 is 11.9 Å². The molecule has 2 bridgehead atoms. The number of aliphatic hydroxyl groups excluding tert-OH is 9. The number of phenols is 2. The van der Waals surface area contributed by atoms with Crippen LogP contribution < -0.4 is 5.73 Å². The molecule has 420 valence electrons. The summed E-state index contributed by atoms with van der Waals surface area (Å²) in [6, 6.07) is 2.62. The number of carboxylic acid groups (broad SMARTS) is 1. The molecule has 3 heterocycles. The van der Waals surface area contributed by atoms with E-state index >= 15 is 0 Å². The first-order chi connectivity index (χ1) is 35.4. The Morgan fingerprint density at radius 2 is 1.28 bits per heavy atom. The summed E-state index contributed by atoms with van der Waals surface area (Å²) in [5, 5.41) is 136. The minimum absolute atomic E-state index is 0.0279. The molecule has 3 aliphatic rings. The van der Waals surface area contributed by atoms with Gasteiger partial charge in [0.05, 0.1) is 85.2 Å². The van der Waals surface area contributed by atoms with Crippen molar-refractivity contribution in [2.24, 2.45) is 23.5 Å². The third kappa shape index (κ3) is 21.9. The zero-order valence-corrected chi connectivity index (χ0v) is 42.7. The number of esters is 1. The van der Waals surface area contributed by atoms with E-state index in [4.69, 9.17) is 34.9 Å². The molecule has 2 fully saturated rings. The van der Waals surface area contributed by atoms with Crippen molar-refractivity contribution < 1.29 is 99.7 Å². The van der Waals surface area contributed by atoms with Crippen molar-refractivity contribution in [1.82, 2.24) is 0 Å². The number of phenolic OH excluding ortho intramolecular Hbond substituents is 2. The van der Waals surface area contributed by atoms with Crippen molar-refractivity contribution >= 4 is 18.2 Å². The number of hydrogen-bond acceptors (Lipinski definition) is 20. The number of aldehydes is 1. The average Bonchev–Trinajstić information content (AvgIpc) is 3.33. The minimum Gasteiger partial charge on any atom is -0.508 e. The summed E-state index contributed by atoms with van der Waals surface area (Å²) >= 11 is 0. The van der Waals surface area contributed by atoms with Crippen LogP contribution in [0.1, 0.15) is 89.4 Å². The molecule has 0 aromatic heterocycles. The Labute approximate surface area is 437 Å². The number of nitrogens with two attached hydrogens (primary N) is 1. The van der Waals surface area contributed by atoms with Crippen LogP contribution in [0.25, 0.3) is 0 Å². The number of allylic oxidation sites excluding steroid dienone is 12. The normalized spacial score (nSPS) is 40.7. The first kappa shape index (κ1) is 64.3. The third-order valence-corrected chi connectivity index (χ3v) is 13.2. The van der Waals surface area contributed by atoms with Crippen molar-refractivity contribution in [1.29, 1.82) is 0 Å². The molecule has 21 nitrogen and oxygen atoms in total. The fourth-order valence-electron chi connectivity index (χ4n) is 8.61. The van der Waals surface area contributed by atoms with Crippen LogP contribution in [-0.2, 0) is 28.5 Å². The van der Waals surface area contributed by atoms with Crippen molar-refractivity contribution in [3.63, 3.8) is 0 Å². The van der Waals surface area contributed by atoms with E-state index in [1.165, 1.54) is 31.2 Å². The van der Waals surface area contributed by atoms with E-state index in [0.717, 1.165) is 0 Å². The number of carbonyl (C=O) groups is 3. The zero-order chi connectivity index (χ0) is 56.0. The minimum atomic E-state index is -2.33. The maximum absolute atomic E-state index is 12.6. The molecule has 21 heteroatoms. The van der Waals surface area contributed by atoms with Gasteiger partial charge in [-0.3, -0.25) is 14.4 Å². The van der Waals surface area contributed by atoms with Crippen molar-refractivity contribution in [3.8, 4) is 11.5 Å². The predicted molar refractivity (Wildman–Crippen MR) is 272 cm³/mol. The van der Waals surface area contributed by atoms with Crippen LogP contribution in [0, 0.1) is 17.8 Å². The van der Waals surface area contributed by atoms with E-state index in [0.29, 0.717) is 6.29 Å². The number of aliphatic hydroxyl groups is 10. The molecular formula is C54H79NO20. The molecule has 15 N–H and O–H groups in total. The van der Waals surface area contributed by atoms with Crippen LogP contribution in [0.15, 0.2) is 103 Å². The van der Waals surface area contributed by atoms with Gasteiger partial charge in [-0.1, -0.05) is 98.9 Å². The standard InChI is InChI=1S/C47H73NO17.C7H6O3/c1-27-17-15-13-11-9-7-5-6-8-10-12-14-16-18-34(64-46-44(58)41(48)43(57)30(4)63-46)24-38-40(45(59)60)37(54)26-47(61,65-38)25-33(51)22-36(53)35(52)20-19-31(49)21-32(50)23-39(55)62-29(3)28(2)42(27)56;8-4-5-3-6(9)1-2-7(5)10/h5-18,27-38,40-44,46,49-54,56-58,61H,19-26,48H2,1-4H3,(H,59,60);1-4,9-10H/b6-5+,9-7+,10-8+,13-11+,14-12+,17-15+,18-16+;/t27-,28-,29-,30+,31+,32+,33-,34-,35+,36+,37-,38-,40+,41-,42+,43+,44-,46-,47+;/m0./s1. The summed E-state index contributed by atoms with van der Waals surface area (Å²) in [6.45, 7) is 6.74. The second kappa shape index (κ2) is 31.9. The summed E-state index contributed by atoms with van der Waals surface area (Å²) in [5.74, 6) is -6.97. The van der Waals surface area contributed by atoms with Gasteiger partial charge in [-0.05, 0) is 51.3 Å². The molecule has 0 unspecified atom stereocenters. The molecule has 4 rings (SSSR count). The van der Waals surface area contributed by atoms with E-state index in [1.54, 1.807) is 80.7 Å². The number of carboxylic acids is 1. The van der Waals surface area contributed by atoms with Gasteiger partial charge in [-0.25, -0.2) is 0 Å². The van der Waals surface area contributed by atoms with Gasteiger partial charge in [-0.15, -0.1) is 0 Å². The van der Waals surface area contributed by atoms with E-state index in [-0.39, 0.29) is 48.7 Å². The Morgan fingerprint density at radius 3 is 1.85 bits per heavy atom. The SMILES string of the molecule is C[C@@H]1[C@H](O)[C@@H](C)/C=C/C=C/C=C/C=C/C=C/C=C/C=C/[C@H](O[C@@H]2O[C@H](C)[C@@H](O)[C@H](N)[C@@H]2O)C[C@@H]2O[C@](O)(C[C@@H](O)C[C@@H](O)[C@H](O)CC[C@@H](O)C[C@@H](O)CC(=O)O[C@H]1C)C[C@H](O)[C@H]2C(=O)O.O=Cc1cc(O)ccc1O. The lowest BCUT2D eigenvalue weighted by atomic mass is 9.82. The second-order valence-corrected chi connectivity index (χ2v) is 19.4. The lowest BCUT2D eigenvalue weighted by Crippen LogP contribution is -2.61. The van der Waals surface area contributed by atoms with E-state index in [1.807, 2.05) is 19.1 Å². The number of aliphatic carboxylic acids is 1. The molecule has 75 heavy (non-hydrogen) atoms. The van der Waals surface area contributed by atoms with E-state index < -0.39 is 147 Å². The second-order valence-electron chi connectivity index (χ2n) is 19.4. The molecule has 0 spiro atoms. The number of benzene rings is 1. The molecule has 0 amide bonds. The summed E-state index contributed by atoms with van der Waals surface area (Å²) < 4.78 is 23.1. The van der Waals surface area contributed by atoms with E-state index in [9.17, 15) is 70.6 Å². The van der Waals surface area contributed by atoms with Gasteiger partial charge in [0, 0.05) is 37.5 Å². The third-order valence-electron chi connectivity index (χ3n) is 13.2. The van der Waals surface area contributed by atoms with E-state index in [2.05, 4.69) is 0 Å². The molecule has 0 aliphatic carbocycles. The molecule has 0 saturated carbocycles. The average molecular weight is 1060 g/mol. The fourth-order valence-corrected chi connectivity index (χ4v) is 8.61. The smallest absolute Gasteiger partial charge is 0.311 e. The maximum Gasteiger partial charge on any atom is 0.311 e. The summed E-state index contributed by atoms with van der Waals surface area (Å²) in [7, 11) is 0. The lowest BCUT2D eigenvalue weighted by molar-refractivity contribution is -0.308. The summed E-state index contributed by atoms with van der Waals surface area (Å²) in [4.78, 5) is 35.2. The van der Waals surface area contributed by atoms with Gasteiger partial charge < -0.3 is 91.1 Å². The fraction of sp³-hybridized carbons (Fsp3) is 0.574. The Morgan fingerprint density at radius 1 is 0.693 bits per heavy atom. The monoisotopic (exact) mass is 1060 g/mol. The number of ether oxygens (including phenoxy) is 4. The first-order valence-corrected chi connectivity index (χ1v) is 25.0. The number of rotatable bonds is 4. The molecule has 3 aliphatic heterocycles. The van der Waals surface area contributed by atoms with Crippen LogP contribution in [0.4, 0.5) is 0 Å². The highest BCUT2D eigenvalue weighted by Crippen LogP contribution is 2.38. The van der Waals surface area contributed by atoms with Crippen molar-refractivity contribution in [2.45, 2.75) is 177 Å². The predicted octanol–water partition coefficient (Wildman–Crippen LogP) is 1.62. The Hall–Kier alpha value is -4.95. The highest BCUT2D eigenvalue weighted by Gasteiger charge is 2.51. The van der Waals surface area contributed by atoms with Gasteiger partial charge in [0.25, 0.3) is 0 Å². The summed E-state index contributed by atoms with van der Waals surface area (Å²) in [6.07, 6.45) is 3.94. The Bertz CT molecular complexity index is 2130. The lowest BCUT2D eigenvalue weighted by Gasteiger charge is -2.45. The van der Waals surface area contributed by atoms with Crippen LogP contribution >= 0.6 is 0 Å². The molecule has 0 radical (unpaired) electrons. The van der Waals surface area contributed by atoms with Crippen LogP contribution in [0.5, 0.6) is 11.5 Å². The molecule has 19 atom stereocenters. The van der Waals surface area contributed by atoms with Crippen molar-refractivity contribution in [3.05, 3.63) is 109 Å². The molecule has 2 saturated heterocycles. The number of carbonyl (C=O) groups excluding carboxylic acids is 2. The first-order valence-electron chi connectivity index (χ1n) is 25.0. The van der Waals surface area contributed by atoms with Crippen molar-refractivity contribution in [2.75, 3.05) is 0 Å².